The number of fused-ring (bicyclic) bond motifs is 1. The van der Waals surface area contributed by atoms with Crippen LogP contribution < -0.4 is 10.1 Å². The number of hydrogen-bond acceptors (Lipinski definition) is 4. The quantitative estimate of drug-likeness (QED) is 0.347. The number of rotatable bonds is 8. The standard InChI is InChI=1S/C23H21Cl2N3O3/c1-15-21(24)22(25)28(27-15)13-5-12-26-23(29)20-11-10-17(31-20)14-30-19-9-4-7-16-6-2-3-8-18(16)19/h2-4,6-11H,5,12-14H2,1H3,(H,26,29). The summed E-state index contributed by atoms with van der Waals surface area (Å²) in [5.41, 5.74) is 0.685. The molecular weight excluding hydrogens is 437 g/mol. The van der Waals surface area contributed by atoms with Gasteiger partial charge in [0, 0.05) is 18.5 Å². The van der Waals surface area contributed by atoms with Gasteiger partial charge in [-0.3, -0.25) is 9.48 Å². The van der Waals surface area contributed by atoms with Gasteiger partial charge in [0.25, 0.3) is 5.91 Å². The molecular formula is C23H21Cl2N3O3. The number of ether oxygens (including phenoxy) is 1. The van der Waals surface area contributed by atoms with E-state index in [0.717, 1.165) is 16.5 Å². The third-order valence-corrected chi connectivity index (χ3v) is 5.77. The van der Waals surface area contributed by atoms with E-state index in [4.69, 9.17) is 32.4 Å². The summed E-state index contributed by atoms with van der Waals surface area (Å²) in [5.74, 6) is 1.31. The normalized spacial score (nSPS) is 11.1. The summed E-state index contributed by atoms with van der Waals surface area (Å²) >= 11 is 12.1. The van der Waals surface area contributed by atoms with Gasteiger partial charge < -0.3 is 14.5 Å². The molecule has 0 fully saturated rings. The topological polar surface area (TPSA) is 69.3 Å². The number of hydrogen-bond donors (Lipinski definition) is 1. The van der Waals surface area contributed by atoms with Crippen LogP contribution in [0, 0.1) is 6.92 Å². The van der Waals surface area contributed by atoms with Gasteiger partial charge in [-0.15, -0.1) is 0 Å². The van der Waals surface area contributed by atoms with E-state index < -0.39 is 0 Å². The lowest BCUT2D eigenvalue weighted by Crippen LogP contribution is -2.25. The highest BCUT2D eigenvalue weighted by molar-refractivity contribution is 6.41. The molecule has 2 aromatic heterocycles. The first-order valence-corrected chi connectivity index (χ1v) is 10.6. The molecule has 0 radical (unpaired) electrons. The Labute approximate surface area is 189 Å². The third kappa shape index (κ3) is 4.86. The molecule has 0 aliphatic heterocycles. The van der Waals surface area contributed by atoms with Crippen LogP contribution in [0.3, 0.4) is 0 Å². The summed E-state index contributed by atoms with van der Waals surface area (Å²) in [5, 5.41) is 10.1. The predicted octanol–water partition coefficient (Wildman–Crippen LogP) is 5.64. The minimum Gasteiger partial charge on any atom is -0.485 e. The Morgan fingerprint density at radius 3 is 2.74 bits per heavy atom. The fourth-order valence-corrected chi connectivity index (χ4v) is 3.64. The van der Waals surface area contributed by atoms with Gasteiger partial charge in [0.15, 0.2) is 5.76 Å². The highest BCUT2D eigenvalue weighted by Crippen LogP contribution is 2.26. The Morgan fingerprint density at radius 1 is 1.13 bits per heavy atom. The molecule has 0 aliphatic carbocycles. The number of benzene rings is 2. The largest absolute Gasteiger partial charge is 0.485 e. The number of furan rings is 1. The molecule has 0 atom stereocenters. The molecule has 160 valence electrons. The van der Waals surface area contributed by atoms with Gasteiger partial charge in [-0.1, -0.05) is 59.6 Å². The van der Waals surface area contributed by atoms with Crippen LogP contribution in [0.5, 0.6) is 5.75 Å². The monoisotopic (exact) mass is 457 g/mol. The Morgan fingerprint density at radius 2 is 1.94 bits per heavy atom. The van der Waals surface area contributed by atoms with Gasteiger partial charge in [-0.25, -0.2) is 0 Å². The lowest BCUT2D eigenvalue weighted by Gasteiger charge is -2.08. The first kappa shape index (κ1) is 21.3. The average molecular weight is 458 g/mol. The number of amides is 1. The maximum atomic E-state index is 12.3. The summed E-state index contributed by atoms with van der Waals surface area (Å²) in [6, 6.07) is 17.3. The zero-order valence-electron chi connectivity index (χ0n) is 16.9. The average Bonchev–Trinajstić information content (AvgIpc) is 3.36. The van der Waals surface area contributed by atoms with Crippen molar-refractivity contribution in [2.45, 2.75) is 26.5 Å². The molecule has 2 aromatic carbocycles. The highest BCUT2D eigenvalue weighted by atomic mass is 35.5. The van der Waals surface area contributed by atoms with Crippen LogP contribution in [0.25, 0.3) is 10.8 Å². The SMILES string of the molecule is Cc1nn(CCCNC(=O)c2ccc(COc3cccc4ccccc34)o2)c(Cl)c1Cl. The van der Waals surface area contributed by atoms with Crippen LogP contribution in [-0.4, -0.2) is 22.2 Å². The van der Waals surface area contributed by atoms with Gasteiger partial charge in [0.05, 0.1) is 5.69 Å². The van der Waals surface area contributed by atoms with Gasteiger partial charge in [-0.05, 0) is 36.9 Å². The molecule has 2 heterocycles. The molecule has 0 spiro atoms. The third-order valence-electron chi connectivity index (χ3n) is 4.83. The molecule has 0 saturated carbocycles. The lowest BCUT2D eigenvalue weighted by atomic mass is 10.1. The van der Waals surface area contributed by atoms with Crippen molar-refractivity contribution in [2.24, 2.45) is 0 Å². The molecule has 6 nitrogen and oxygen atoms in total. The van der Waals surface area contributed by atoms with Gasteiger partial charge >= 0.3 is 0 Å². The van der Waals surface area contributed by atoms with E-state index in [1.807, 2.05) is 42.5 Å². The number of halogens is 2. The summed E-state index contributed by atoms with van der Waals surface area (Å²) in [6.45, 7) is 3.04. The molecule has 1 N–H and O–H groups in total. The van der Waals surface area contributed by atoms with Gasteiger partial charge in [0.1, 0.15) is 28.3 Å². The van der Waals surface area contributed by atoms with Crippen LogP contribution in [0.1, 0.15) is 28.4 Å². The smallest absolute Gasteiger partial charge is 0.286 e. The second-order valence-corrected chi connectivity index (χ2v) is 7.79. The van der Waals surface area contributed by atoms with Crippen molar-refractivity contribution in [3.63, 3.8) is 0 Å². The molecule has 0 saturated heterocycles. The van der Waals surface area contributed by atoms with E-state index in [-0.39, 0.29) is 18.3 Å². The van der Waals surface area contributed by atoms with Gasteiger partial charge in [-0.2, -0.15) is 5.10 Å². The number of aryl methyl sites for hydroxylation is 2. The number of aromatic nitrogens is 2. The van der Waals surface area contributed by atoms with E-state index in [0.29, 0.717) is 41.1 Å². The van der Waals surface area contributed by atoms with E-state index >= 15 is 0 Å². The van der Waals surface area contributed by atoms with Crippen LogP contribution in [0.15, 0.2) is 59.0 Å². The fourth-order valence-electron chi connectivity index (χ4n) is 3.25. The van der Waals surface area contributed by atoms with Crippen LogP contribution in [0.2, 0.25) is 10.2 Å². The Bertz CT molecular complexity index is 1210. The Kier molecular flexibility index (Phi) is 6.49. The van der Waals surface area contributed by atoms with E-state index in [1.165, 1.54) is 0 Å². The highest BCUT2D eigenvalue weighted by Gasteiger charge is 2.13. The minimum atomic E-state index is -0.280. The summed E-state index contributed by atoms with van der Waals surface area (Å²) in [4.78, 5) is 12.3. The maximum Gasteiger partial charge on any atom is 0.286 e. The van der Waals surface area contributed by atoms with Crippen LogP contribution >= 0.6 is 23.2 Å². The van der Waals surface area contributed by atoms with Crippen molar-refractivity contribution < 1.29 is 13.9 Å². The van der Waals surface area contributed by atoms with E-state index in [1.54, 1.807) is 23.7 Å². The number of nitrogens with zero attached hydrogens (tertiary/aromatic N) is 2. The molecule has 0 unspecified atom stereocenters. The van der Waals surface area contributed by atoms with Crippen molar-refractivity contribution in [3.05, 3.63) is 82.0 Å². The number of nitrogens with one attached hydrogen (secondary N) is 1. The number of carbonyl (C=O) groups excluding carboxylic acids is 1. The Balaban J connectivity index is 1.28. The summed E-state index contributed by atoms with van der Waals surface area (Å²) in [6.07, 6.45) is 0.653. The summed E-state index contributed by atoms with van der Waals surface area (Å²) < 4.78 is 13.2. The molecule has 8 heteroatoms. The van der Waals surface area contributed by atoms with Crippen molar-refractivity contribution in [1.82, 2.24) is 15.1 Å². The van der Waals surface area contributed by atoms with E-state index in [9.17, 15) is 4.79 Å². The zero-order chi connectivity index (χ0) is 21.8. The summed E-state index contributed by atoms with van der Waals surface area (Å²) in [7, 11) is 0. The van der Waals surface area contributed by atoms with Crippen LogP contribution in [0.4, 0.5) is 0 Å². The fraction of sp³-hybridized carbons (Fsp3) is 0.217. The van der Waals surface area contributed by atoms with Crippen LogP contribution in [-0.2, 0) is 13.2 Å². The molecule has 0 bridgehead atoms. The van der Waals surface area contributed by atoms with Crippen molar-refractivity contribution in [2.75, 3.05) is 6.54 Å². The second-order valence-electron chi connectivity index (χ2n) is 7.05. The van der Waals surface area contributed by atoms with Crippen molar-refractivity contribution in [1.29, 1.82) is 0 Å². The zero-order valence-corrected chi connectivity index (χ0v) is 18.4. The molecule has 1 amide bonds. The van der Waals surface area contributed by atoms with Crippen molar-refractivity contribution in [3.8, 4) is 5.75 Å². The molecule has 0 aliphatic rings. The predicted molar refractivity (Wildman–Crippen MR) is 121 cm³/mol. The minimum absolute atomic E-state index is 0.235. The molecule has 31 heavy (non-hydrogen) atoms. The van der Waals surface area contributed by atoms with Gasteiger partial charge in [0.2, 0.25) is 0 Å². The first-order valence-electron chi connectivity index (χ1n) is 9.89. The number of carbonyl (C=O) groups is 1. The second kappa shape index (κ2) is 9.45. The Hall–Kier alpha value is -2.96. The molecule has 4 rings (SSSR count). The molecule has 4 aromatic rings. The first-order chi connectivity index (χ1) is 15.0. The maximum absolute atomic E-state index is 12.3. The van der Waals surface area contributed by atoms with Crippen molar-refractivity contribution >= 4 is 39.9 Å². The lowest BCUT2D eigenvalue weighted by molar-refractivity contribution is 0.0921. The van der Waals surface area contributed by atoms with E-state index in [2.05, 4.69) is 10.4 Å².